The first-order chi connectivity index (χ1) is 18.4. The lowest BCUT2D eigenvalue weighted by Crippen LogP contribution is -2.30. The zero-order chi connectivity index (χ0) is 28.5. The van der Waals surface area contributed by atoms with E-state index in [1.54, 1.807) is 28.5 Å². The molecule has 0 fully saturated rings. The van der Waals surface area contributed by atoms with Gasteiger partial charge in [-0.2, -0.15) is 21.6 Å². The van der Waals surface area contributed by atoms with Crippen LogP contribution in [0.4, 0.5) is 24.7 Å². The molecule has 0 radical (unpaired) electrons. The SMILES string of the molecule is CCCc1nc(NC)c(C(=O)NC)n1Cc1c2ccocc-2c(Br)c1-c1ccccc1NS(=O)(=O)C(F)(F)F. The standard InChI is InChI=1S/C25H25BrF3N5O4S/c1-4-7-19-32-23(30-2)22(24(35)31-3)34(19)12-16-14-10-11-38-13-17(14)21(26)20(16)15-8-5-6-9-18(15)33-39(36,37)25(27,28)29/h5-6,8-11,13,30,33H,4,7,12H2,1-3H3,(H,31,35). The molecular weight excluding hydrogens is 603 g/mol. The van der Waals surface area contributed by atoms with Crippen molar-refractivity contribution >= 4 is 43.4 Å². The van der Waals surface area contributed by atoms with Gasteiger partial charge in [0.15, 0.2) is 11.5 Å². The first-order valence-corrected chi connectivity index (χ1v) is 14.1. The molecule has 0 atom stereocenters. The Hall–Kier alpha value is -3.52. The van der Waals surface area contributed by atoms with Crippen LogP contribution in [-0.2, 0) is 23.0 Å². The molecule has 39 heavy (non-hydrogen) atoms. The van der Waals surface area contributed by atoms with E-state index < -0.39 is 15.5 Å². The average molecular weight is 628 g/mol. The number of anilines is 2. The van der Waals surface area contributed by atoms with E-state index in [2.05, 4.69) is 31.5 Å². The summed E-state index contributed by atoms with van der Waals surface area (Å²) < 4.78 is 73.1. The molecule has 0 bridgehead atoms. The second-order valence-electron chi connectivity index (χ2n) is 8.54. The second kappa shape index (κ2) is 10.9. The van der Waals surface area contributed by atoms with Gasteiger partial charge in [-0.15, -0.1) is 0 Å². The molecule has 1 aromatic carbocycles. The molecule has 3 N–H and O–H groups in total. The van der Waals surface area contributed by atoms with Crippen LogP contribution in [0.1, 0.15) is 35.2 Å². The van der Waals surface area contributed by atoms with E-state index in [1.165, 1.54) is 37.8 Å². The molecule has 0 unspecified atom stereocenters. The van der Waals surface area contributed by atoms with Crippen LogP contribution in [0.25, 0.3) is 22.3 Å². The summed E-state index contributed by atoms with van der Waals surface area (Å²) in [5.74, 6) is 0.630. The van der Waals surface area contributed by atoms with Gasteiger partial charge in [-0.05, 0) is 45.6 Å². The van der Waals surface area contributed by atoms with Crippen molar-refractivity contribution in [2.24, 2.45) is 0 Å². The van der Waals surface area contributed by atoms with Gasteiger partial charge in [0, 0.05) is 41.7 Å². The summed E-state index contributed by atoms with van der Waals surface area (Å²) in [6.07, 6.45) is 4.24. The molecule has 0 saturated carbocycles. The molecule has 9 nitrogen and oxygen atoms in total. The normalized spacial score (nSPS) is 12.1. The van der Waals surface area contributed by atoms with E-state index in [-0.39, 0.29) is 29.4 Å². The van der Waals surface area contributed by atoms with Crippen molar-refractivity contribution in [3.05, 3.63) is 64.4 Å². The molecule has 2 heterocycles. The van der Waals surface area contributed by atoms with Gasteiger partial charge in [0.1, 0.15) is 5.82 Å². The van der Waals surface area contributed by atoms with Crippen LogP contribution in [0, 0.1) is 0 Å². The molecule has 1 aliphatic heterocycles. The highest BCUT2D eigenvalue weighted by atomic mass is 79.9. The molecule has 2 aromatic rings. The number of hydrogen-bond donors (Lipinski definition) is 3. The fourth-order valence-electron chi connectivity index (χ4n) is 4.41. The third-order valence-corrected chi connectivity index (χ3v) is 8.05. The number of para-hydroxylation sites is 1. The topological polar surface area (TPSA) is 118 Å². The van der Waals surface area contributed by atoms with E-state index >= 15 is 0 Å². The Balaban J connectivity index is 1.99. The summed E-state index contributed by atoms with van der Waals surface area (Å²) in [6, 6.07) is 7.50. The lowest BCUT2D eigenvalue weighted by atomic mass is 10.0. The Morgan fingerprint density at radius 1 is 1.13 bits per heavy atom. The van der Waals surface area contributed by atoms with Gasteiger partial charge in [-0.1, -0.05) is 25.1 Å². The Labute approximate surface area is 231 Å². The molecule has 1 aromatic heterocycles. The molecule has 2 aliphatic rings. The average Bonchev–Trinajstić information content (AvgIpc) is 3.38. The summed E-state index contributed by atoms with van der Waals surface area (Å²) in [6.45, 7) is 2.08. The monoisotopic (exact) mass is 627 g/mol. The second-order valence-corrected chi connectivity index (χ2v) is 11.0. The summed E-state index contributed by atoms with van der Waals surface area (Å²) in [5.41, 5.74) is -2.91. The number of aryl methyl sites for hydroxylation is 1. The minimum atomic E-state index is -5.69. The number of hydrogen-bond acceptors (Lipinski definition) is 6. The lowest BCUT2D eigenvalue weighted by Gasteiger charge is -2.17. The minimum absolute atomic E-state index is 0.106. The van der Waals surface area contributed by atoms with Crippen molar-refractivity contribution < 1.29 is 30.8 Å². The third-order valence-electron chi connectivity index (χ3n) is 6.13. The van der Waals surface area contributed by atoms with Gasteiger partial charge in [-0.25, -0.2) is 4.98 Å². The van der Waals surface area contributed by atoms with Crippen molar-refractivity contribution in [1.29, 1.82) is 0 Å². The molecule has 208 valence electrons. The smallest absolute Gasteiger partial charge is 0.472 e. The highest BCUT2D eigenvalue weighted by molar-refractivity contribution is 9.10. The number of nitrogens with one attached hydrogen (secondary N) is 3. The van der Waals surface area contributed by atoms with Crippen molar-refractivity contribution in [3.63, 3.8) is 0 Å². The van der Waals surface area contributed by atoms with Crippen LogP contribution < -0.4 is 15.4 Å². The first-order valence-electron chi connectivity index (χ1n) is 11.8. The molecule has 1 aliphatic carbocycles. The number of nitrogens with zero attached hydrogens (tertiary/aromatic N) is 2. The zero-order valence-corrected chi connectivity index (χ0v) is 23.5. The van der Waals surface area contributed by atoms with Gasteiger partial charge in [0.25, 0.3) is 5.91 Å². The van der Waals surface area contributed by atoms with E-state index in [0.29, 0.717) is 44.8 Å². The number of aromatic nitrogens is 2. The Morgan fingerprint density at radius 2 is 1.85 bits per heavy atom. The van der Waals surface area contributed by atoms with Crippen molar-refractivity contribution in [1.82, 2.24) is 14.9 Å². The molecule has 0 spiro atoms. The summed E-state index contributed by atoms with van der Waals surface area (Å²) >= 11 is 3.56. The highest BCUT2D eigenvalue weighted by Gasteiger charge is 2.46. The summed E-state index contributed by atoms with van der Waals surface area (Å²) in [4.78, 5) is 17.5. The fourth-order valence-corrected chi connectivity index (χ4v) is 5.75. The maximum absolute atomic E-state index is 13.2. The van der Waals surface area contributed by atoms with Gasteiger partial charge < -0.3 is 19.6 Å². The van der Waals surface area contributed by atoms with Crippen LogP contribution >= 0.6 is 15.9 Å². The quantitative estimate of drug-likeness (QED) is 0.220. The van der Waals surface area contributed by atoms with Crippen molar-refractivity contribution in [3.8, 4) is 22.3 Å². The van der Waals surface area contributed by atoms with Crippen molar-refractivity contribution in [2.75, 3.05) is 24.1 Å². The van der Waals surface area contributed by atoms with Crippen LogP contribution in [0.3, 0.4) is 0 Å². The lowest BCUT2D eigenvalue weighted by molar-refractivity contribution is -0.0429. The number of fused-ring (bicyclic) bond motifs is 1. The van der Waals surface area contributed by atoms with Gasteiger partial charge >= 0.3 is 15.5 Å². The summed E-state index contributed by atoms with van der Waals surface area (Å²) in [7, 11) is -2.54. The number of carbonyl (C=O) groups excluding carboxylic acids is 1. The Morgan fingerprint density at radius 3 is 2.49 bits per heavy atom. The predicted octanol–water partition coefficient (Wildman–Crippen LogP) is 5.67. The van der Waals surface area contributed by atoms with E-state index in [0.717, 1.165) is 6.42 Å². The van der Waals surface area contributed by atoms with Crippen LogP contribution in [0.5, 0.6) is 0 Å². The molecule has 1 amide bonds. The molecule has 14 heteroatoms. The van der Waals surface area contributed by atoms with E-state index in [4.69, 9.17) is 4.42 Å². The number of rotatable bonds is 9. The zero-order valence-electron chi connectivity index (χ0n) is 21.1. The van der Waals surface area contributed by atoms with Crippen LogP contribution in [0.15, 0.2) is 51.7 Å². The van der Waals surface area contributed by atoms with Crippen molar-refractivity contribution in [2.45, 2.75) is 31.8 Å². The van der Waals surface area contributed by atoms with Gasteiger partial charge in [0.05, 0.1) is 24.8 Å². The number of sulfonamides is 1. The summed E-state index contributed by atoms with van der Waals surface area (Å²) in [5, 5.41) is 5.58. The predicted molar refractivity (Wildman–Crippen MR) is 145 cm³/mol. The van der Waals surface area contributed by atoms with Crippen LogP contribution in [-0.4, -0.2) is 43.5 Å². The number of imidazole rings is 1. The van der Waals surface area contributed by atoms with Crippen LogP contribution in [0.2, 0.25) is 0 Å². The maximum atomic E-state index is 13.2. The number of amides is 1. The molecule has 4 rings (SSSR count). The van der Waals surface area contributed by atoms with Gasteiger partial charge in [0.2, 0.25) is 0 Å². The Bertz CT molecular complexity index is 1600. The highest BCUT2D eigenvalue weighted by Crippen LogP contribution is 2.48. The van der Waals surface area contributed by atoms with Gasteiger partial charge in [-0.3, -0.25) is 9.52 Å². The number of alkyl halides is 3. The largest absolute Gasteiger partial charge is 0.516 e. The van der Waals surface area contributed by atoms with E-state index in [9.17, 15) is 26.4 Å². The fraction of sp³-hybridized carbons (Fsp3) is 0.280. The van der Waals surface area contributed by atoms with E-state index in [1.807, 2.05) is 6.92 Å². The first kappa shape index (κ1) is 28.5. The minimum Gasteiger partial charge on any atom is -0.472 e. The maximum Gasteiger partial charge on any atom is 0.516 e. The third kappa shape index (κ3) is 5.22. The molecule has 0 saturated heterocycles. The number of halogens is 4. The number of benzene rings is 1. The Kier molecular flexibility index (Phi) is 7.98. The molecular formula is C25H25BrF3N5O4S. The number of carbonyl (C=O) groups is 1.